The van der Waals surface area contributed by atoms with Crippen LogP contribution >= 0.6 is 0 Å². The number of pyridine rings is 1. The third-order valence-electron chi connectivity index (χ3n) is 4.27. The molecule has 1 amide bonds. The van der Waals surface area contributed by atoms with Gasteiger partial charge in [-0.25, -0.2) is 17.6 Å². The highest BCUT2D eigenvalue weighted by Gasteiger charge is 2.22. The standard InChI is InChI=1S/C19H12F4N2O5/c20-9-4-8(3-7-1-2-11(21)15(23)14(7)22)16-10(5-9)17(28)13(19(30)25-16)18(29)24-6-12(26)27/h1-2,4-5H,3,6H2,(H,24,29)(H,26,27)(H2,25,28,30). The summed E-state index contributed by atoms with van der Waals surface area (Å²) in [6.45, 7) is -0.834. The molecule has 0 saturated heterocycles. The molecule has 156 valence electrons. The molecule has 3 aromatic rings. The number of carboxylic acids is 1. The highest BCUT2D eigenvalue weighted by Crippen LogP contribution is 2.30. The number of aliphatic carboxylic acids is 1. The summed E-state index contributed by atoms with van der Waals surface area (Å²) in [7, 11) is 0. The number of H-pyrrole nitrogens is 1. The number of carbonyl (C=O) groups is 2. The molecule has 3 rings (SSSR count). The van der Waals surface area contributed by atoms with E-state index in [4.69, 9.17) is 5.11 Å². The van der Waals surface area contributed by atoms with Gasteiger partial charge in [0.1, 0.15) is 23.7 Å². The fourth-order valence-corrected chi connectivity index (χ4v) is 2.92. The Hall–Kier alpha value is -3.89. The number of hydrogen-bond acceptors (Lipinski definition) is 4. The number of nitrogens with one attached hydrogen (secondary N) is 2. The Kier molecular flexibility index (Phi) is 5.45. The molecule has 0 unspecified atom stereocenters. The molecule has 0 fully saturated rings. The molecule has 0 spiro atoms. The first kappa shape index (κ1) is 20.8. The molecule has 1 heterocycles. The van der Waals surface area contributed by atoms with Gasteiger partial charge in [0, 0.05) is 11.8 Å². The van der Waals surface area contributed by atoms with E-state index in [1.54, 1.807) is 0 Å². The first-order chi connectivity index (χ1) is 14.1. The third-order valence-corrected chi connectivity index (χ3v) is 4.27. The van der Waals surface area contributed by atoms with Gasteiger partial charge in [-0.3, -0.25) is 14.4 Å². The van der Waals surface area contributed by atoms with E-state index in [1.807, 2.05) is 5.32 Å². The summed E-state index contributed by atoms with van der Waals surface area (Å²) in [5.74, 6) is -9.10. The van der Waals surface area contributed by atoms with Crippen molar-refractivity contribution >= 4 is 22.8 Å². The molecule has 4 N–H and O–H groups in total. The van der Waals surface area contributed by atoms with Crippen molar-refractivity contribution in [2.24, 2.45) is 0 Å². The van der Waals surface area contributed by atoms with Gasteiger partial charge in [-0.05, 0) is 29.3 Å². The van der Waals surface area contributed by atoms with Crippen molar-refractivity contribution in [3.05, 3.63) is 74.6 Å². The van der Waals surface area contributed by atoms with E-state index < -0.39 is 65.0 Å². The number of benzene rings is 2. The second-order valence-electron chi connectivity index (χ2n) is 6.25. The molecule has 2 aromatic carbocycles. The Morgan fingerprint density at radius 3 is 2.40 bits per heavy atom. The van der Waals surface area contributed by atoms with Crippen molar-refractivity contribution in [2.75, 3.05) is 6.54 Å². The summed E-state index contributed by atoms with van der Waals surface area (Å²) in [6, 6.07) is 3.30. The van der Waals surface area contributed by atoms with Gasteiger partial charge in [0.2, 0.25) is 0 Å². The summed E-state index contributed by atoms with van der Waals surface area (Å²) < 4.78 is 54.7. The molecule has 0 bridgehead atoms. The van der Waals surface area contributed by atoms with Crippen molar-refractivity contribution in [1.29, 1.82) is 0 Å². The molecule has 0 atom stereocenters. The van der Waals surface area contributed by atoms with Crippen LogP contribution in [0.15, 0.2) is 29.1 Å². The van der Waals surface area contributed by atoms with Gasteiger partial charge in [0.25, 0.3) is 11.5 Å². The minimum Gasteiger partial charge on any atom is -0.506 e. The predicted octanol–water partition coefficient (Wildman–Crippen LogP) is 2.20. The summed E-state index contributed by atoms with van der Waals surface area (Å²) in [6.07, 6.45) is -0.475. The summed E-state index contributed by atoms with van der Waals surface area (Å²) in [4.78, 5) is 37.1. The van der Waals surface area contributed by atoms with Crippen LogP contribution < -0.4 is 10.9 Å². The average Bonchev–Trinajstić information content (AvgIpc) is 2.67. The SMILES string of the molecule is O=C(O)CNC(=O)c1c(O)c2cc(F)cc(Cc3ccc(F)c(F)c3F)c2[nH]c1=O. The molecule has 1 aromatic heterocycles. The van der Waals surface area contributed by atoms with Crippen molar-refractivity contribution in [1.82, 2.24) is 10.3 Å². The monoisotopic (exact) mass is 424 g/mol. The average molecular weight is 424 g/mol. The predicted molar refractivity (Wildman–Crippen MR) is 95.3 cm³/mol. The van der Waals surface area contributed by atoms with E-state index in [1.165, 1.54) is 0 Å². The second-order valence-corrected chi connectivity index (χ2v) is 6.25. The number of aromatic hydroxyl groups is 1. The second kappa shape index (κ2) is 7.85. The minimum absolute atomic E-state index is 0.0835. The number of rotatable bonds is 5. The van der Waals surface area contributed by atoms with Crippen LogP contribution in [0.1, 0.15) is 21.5 Å². The Morgan fingerprint density at radius 1 is 1.03 bits per heavy atom. The highest BCUT2D eigenvalue weighted by atomic mass is 19.2. The molecule has 7 nitrogen and oxygen atoms in total. The zero-order chi connectivity index (χ0) is 22.2. The van der Waals surface area contributed by atoms with Gasteiger partial charge in [-0.15, -0.1) is 0 Å². The number of carboxylic acid groups (broad SMARTS) is 1. The summed E-state index contributed by atoms with van der Waals surface area (Å²) in [5.41, 5.74) is -2.57. The highest BCUT2D eigenvalue weighted by molar-refractivity contribution is 6.03. The van der Waals surface area contributed by atoms with Crippen molar-refractivity contribution < 1.29 is 37.4 Å². The number of amides is 1. The molecular weight excluding hydrogens is 412 g/mol. The van der Waals surface area contributed by atoms with Crippen LogP contribution in [0.5, 0.6) is 5.75 Å². The molecule has 0 aliphatic carbocycles. The van der Waals surface area contributed by atoms with E-state index in [9.17, 15) is 37.1 Å². The van der Waals surface area contributed by atoms with Crippen LogP contribution in [0.25, 0.3) is 10.9 Å². The molecule has 0 radical (unpaired) electrons. The Morgan fingerprint density at radius 2 is 1.73 bits per heavy atom. The third kappa shape index (κ3) is 3.81. The summed E-state index contributed by atoms with van der Waals surface area (Å²) in [5, 5.41) is 20.5. The van der Waals surface area contributed by atoms with Crippen LogP contribution in [0.4, 0.5) is 17.6 Å². The van der Waals surface area contributed by atoms with Crippen LogP contribution in [-0.4, -0.2) is 33.6 Å². The number of aromatic nitrogens is 1. The van der Waals surface area contributed by atoms with Crippen LogP contribution in [-0.2, 0) is 11.2 Å². The molecule has 0 aliphatic heterocycles. The lowest BCUT2D eigenvalue weighted by Crippen LogP contribution is -2.33. The number of carbonyl (C=O) groups excluding carboxylic acids is 1. The van der Waals surface area contributed by atoms with Crippen molar-refractivity contribution in [3.8, 4) is 5.75 Å². The van der Waals surface area contributed by atoms with E-state index in [0.29, 0.717) is 6.07 Å². The topological polar surface area (TPSA) is 119 Å². The summed E-state index contributed by atoms with van der Waals surface area (Å²) >= 11 is 0. The first-order valence-corrected chi connectivity index (χ1v) is 8.30. The van der Waals surface area contributed by atoms with E-state index >= 15 is 0 Å². The van der Waals surface area contributed by atoms with E-state index in [-0.39, 0.29) is 22.0 Å². The van der Waals surface area contributed by atoms with E-state index in [2.05, 4.69) is 4.98 Å². The Balaban J connectivity index is 2.14. The normalized spacial score (nSPS) is 10.9. The number of fused-ring (bicyclic) bond motifs is 1. The number of halogens is 4. The van der Waals surface area contributed by atoms with E-state index in [0.717, 1.165) is 18.2 Å². The Labute approximate surface area is 164 Å². The van der Waals surface area contributed by atoms with Gasteiger partial charge in [0.15, 0.2) is 17.5 Å². The molecule has 0 aliphatic rings. The first-order valence-electron chi connectivity index (χ1n) is 8.30. The maximum atomic E-state index is 14.1. The molecule has 30 heavy (non-hydrogen) atoms. The Bertz CT molecular complexity index is 1260. The lowest BCUT2D eigenvalue weighted by molar-refractivity contribution is -0.135. The van der Waals surface area contributed by atoms with Crippen LogP contribution in [0.3, 0.4) is 0 Å². The van der Waals surface area contributed by atoms with Gasteiger partial charge in [-0.1, -0.05) is 6.07 Å². The maximum Gasteiger partial charge on any atom is 0.322 e. The minimum atomic E-state index is -1.72. The maximum absolute atomic E-state index is 14.1. The number of aromatic amines is 1. The lowest BCUT2D eigenvalue weighted by Gasteiger charge is -2.12. The van der Waals surface area contributed by atoms with Crippen LogP contribution in [0.2, 0.25) is 0 Å². The fourth-order valence-electron chi connectivity index (χ4n) is 2.92. The quantitative estimate of drug-likeness (QED) is 0.370. The van der Waals surface area contributed by atoms with Gasteiger partial charge in [-0.2, -0.15) is 0 Å². The smallest absolute Gasteiger partial charge is 0.322 e. The molecule has 0 saturated carbocycles. The van der Waals surface area contributed by atoms with Crippen molar-refractivity contribution in [3.63, 3.8) is 0 Å². The largest absolute Gasteiger partial charge is 0.506 e. The van der Waals surface area contributed by atoms with Gasteiger partial charge < -0.3 is 20.5 Å². The molecule has 11 heteroatoms. The van der Waals surface area contributed by atoms with Crippen molar-refractivity contribution in [2.45, 2.75) is 6.42 Å². The zero-order valence-corrected chi connectivity index (χ0v) is 14.9. The van der Waals surface area contributed by atoms with Gasteiger partial charge in [0.05, 0.1) is 5.52 Å². The lowest BCUT2D eigenvalue weighted by atomic mass is 9.99. The zero-order valence-electron chi connectivity index (χ0n) is 14.9. The van der Waals surface area contributed by atoms with Crippen LogP contribution in [0, 0.1) is 23.3 Å². The molecular formula is C19H12F4N2O5. The fraction of sp³-hybridized carbons (Fsp3) is 0.105. The van der Waals surface area contributed by atoms with Gasteiger partial charge >= 0.3 is 5.97 Å². The number of hydrogen-bond donors (Lipinski definition) is 4.